The molecule has 1 fully saturated rings. The van der Waals surface area contributed by atoms with Crippen LogP contribution in [0.15, 0.2) is 71.6 Å². The molecule has 1 saturated heterocycles. The third-order valence-corrected chi connectivity index (χ3v) is 8.30. The quantitative estimate of drug-likeness (QED) is 0.499. The minimum absolute atomic E-state index is 0.371. The molecule has 0 atom stereocenters. The van der Waals surface area contributed by atoms with Crippen molar-refractivity contribution in [2.75, 3.05) is 26.2 Å². The fraction of sp³-hybridized carbons (Fsp3) is 0.227. The lowest BCUT2D eigenvalue weighted by Gasteiger charge is -2.33. The van der Waals surface area contributed by atoms with Gasteiger partial charge >= 0.3 is 0 Å². The lowest BCUT2D eigenvalue weighted by Crippen LogP contribution is -2.48. The van der Waals surface area contributed by atoms with Crippen molar-refractivity contribution < 1.29 is 8.42 Å². The summed E-state index contributed by atoms with van der Waals surface area (Å²) < 4.78 is 29.0. The van der Waals surface area contributed by atoms with Crippen molar-refractivity contribution in [1.82, 2.24) is 14.2 Å². The van der Waals surface area contributed by atoms with Crippen LogP contribution in [0.3, 0.4) is 0 Å². The number of fused-ring (bicyclic) bond motifs is 2. The Hall–Kier alpha value is -2.32. The van der Waals surface area contributed by atoms with E-state index < -0.39 is 10.0 Å². The first-order valence-electron chi connectivity index (χ1n) is 9.65. The van der Waals surface area contributed by atoms with Crippen LogP contribution >= 0.6 is 11.3 Å². The predicted molar refractivity (Wildman–Crippen MR) is 118 cm³/mol. The highest BCUT2D eigenvalue weighted by Crippen LogP contribution is 2.25. The smallest absolute Gasteiger partial charge is 0.243 e. The molecule has 29 heavy (non-hydrogen) atoms. The summed E-state index contributed by atoms with van der Waals surface area (Å²) in [4.78, 5) is 7.35. The largest absolute Gasteiger partial charge is 0.294 e. The Morgan fingerprint density at radius 1 is 0.862 bits per heavy atom. The molecule has 0 radical (unpaired) electrons. The number of piperazine rings is 1. The fourth-order valence-corrected chi connectivity index (χ4v) is 6.25. The standard InChI is InChI=1S/C22H21N3O2S2/c26-29(27,19-10-9-17-5-1-2-6-18(17)15-19)25-13-11-24(12-14-25)16-22-23-20-7-3-4-8-21(20)28-22/h1-10,15H,11-14,16H2. The minimum Gasteiger partial charge on any atom is -0.294 e. The van der Waals surface area contributed by atoms with Crippen LogP contribution in [0.25, 0.3) is 21.0 Å². The highest BCUT2D eigenvalue weighted by atomic mass is 32.2. The van der Waals surface area contributed by atoms with E-state index in [1.807, 2.05) is 48.5 Å². The molecule has 5 rings (SSSR count). The van der Waals surface area contributed by atoms with E-state index >= 15 is 0 Å². The van der Waals surface area contributed by atoms with Crippen molar-refractivity contribution in [1.29, 1.82) is 0 Å². The number of rotatable bonds is 4. The lowest BCUT2D eigenvalue weighted by molar-refractivity contribution is 0.181. The number of nitrogens with zero attached hydrogens (tertiary/aromatic N) is 3. The fourth-order valence-electron chi connectivity index (χ4n) is 3.78. The van der Waals surface area contributed by atoms with Crippen LogP contribution in [-0.4, -0.2) is 48.8 Å². The second-order valence-electron chi connectivity index (χ2n) is 7.26. The topological polar surface area (TPSA) is 53.5 Å². The second-order valence-corrected chi connectivity index (χ2v) is 10.3. The van der Waals surface area contributed by atoms with Gasteiger partial charge in [-0.05, 0) is 35.0 Å². The Bertz CT molecular complexity index is 1240. The molecule has 0 aliphatic carbocycles. The van der Waals surface area contributed by atoms with Crippen molar-refractivity contribution in [2.24, 2.45) is 0 Å². The maximum Gasteiger partial charge on any atom is 0.243 e. The Balaban J connectivity index is 1.28. The minimum atomic E-state index is -3.48. The predicted octanol–water partition coefficient (Wildman–Crippen LogP) is 3.96. The molecule has 5 nitrogen and oxygen atoms in total. The van der Waals surface area contributed by atoms with Gasteiger partial charge in [-0.1, -0.05) is 42.5 Å². The first-order chi connectivity index (χ1) is 14.1. The molecule has 0 bridgehead atoms. The van der Waals surface area contributed by atoms with Gasteiger partial charge < -0.3 is 0 Å². The van der Waals surface area contributed by atoms with Crippen molar-refractivity contribution in [2.45, 2.75) is 11.4 Å². The second kappa shape index (κ2) is 7.50. The van der Waals surface area contributed by atoms with E-state index in [1.54, 1.807) is 27.8 Å². The van der Waals surface area contributed by atoms with Crippen LogP contribution in [0.2, 0.25) is 0 Å². The summed E-state index contributed by atoms with van der Waals surface area (Å²) in [6, 6.07) is 21.4. The lowest BCUT2D eigenvalue weighted by atomic mass is 10.1. The van der Waals surface area contributed by atoms with E-state index in [0.29, 0.717) is 31.1 Å². The van der Waals surface area contributed by atoms with Crippen LogP contribution in [0.1, 0.15) is 5.01 Å². The SMILES string of the molecule is O=S(=O)(c1ccc2ccccc2c1)N1CCN(Cc2nc3ccccc3s2)CC1. The van der Waals surface area contributed by atoms with Gasteiger partial charge in [0.15, 0.2) is 0 Å². The Morgan fingerprint density at radius 2 is 1.59 bits per heavy atom. The van der Waals surface area contributed by atoms with Gasteiger partial charge in [-0.25, -0.2) is 13.4 Å². The first-order valence-corrected chi connectivity index (χ1v) is 11.9. The van der Waals surface area contributed by atoms with Gasteiger partial charge in [0.25, 0.3) is 0 Å². The average molecular weight is 424 g/mol. The Labute approximate surface area is 174 Å². The van der Waals surface area contributed by atoms with Gasteiger partial charge in [0.2, 0.25) is 10.0 Å². The van der Waals surface area contributed by atoms with Gasteiger partial charge in [-0.3, -0.25) is 4.90 Å². The number of aromatic nitrogens is 1. The summed E-state index contributed by atoms with van der Waals surface area (Å²) in [6.07, 6.45) is 0. The zero-order chi connectivity index (χ0) is 19.8. The van der Waals surface area contributed by atoms with Gasteiger partial charge in [0.05, 0.1) is 21.7 Å². The van der Waals surface area contributed by atoms with Crippen molar-refractivity contribution in [3.8, 4) is 0 Å². The monoisotopic (exact) mass is 423 g/mol. The third-order valence-electron chi connectivity index (χ3n) is 5.39. The zero-order valence-electron chi connectivity index (χ0n) is 15.9. The summed E-state index contributed by atoms with van der Waals surface area (Å²) in [5, 5.41) is 3.08. The van der Waals surface area contributed by atoms with Crippen molar-refractivity contribution >= 4 is 42.3 Å². The molecule has 0 N–H and O–H groups in total. The van der Waals surface area contributed by atoms with Crippen LogP contribution in [0, 0.1) is 0 Å². The van der Waals surface area contributed by atoms with Gasteiger partial charge in [-0.15, -0.1) is 11.3 Å². The number of sulfonamides is 1. The maximum absolute atomic E-state index is 13.1. The number of thiazole rings is 1. The van der Waals surface area contributed by atoms with Crippen molar-refractivity contribution in [3.05, 3.63) is 71.7 Å². The maximum atomic E-state index is 13.1. The molecular formula is C22H21N3O2S2. The third kappa shape index (κ3) is 3.67. The Morgan fingerprint density at radius 3 is 2.38 bits per heavy atom. The Kier molecular flexibility index (Phi) is 4.83. The molecule has 2 heterocycles. The van der Waals surface area contributed by atoms with E-state index in [-0.39, 0.29) is 0 Å². The molecule has 1 aromatic heterocycles. The van der Waals surface area contributed by atoms with E-state index in [4.69, 9.17) is 4.98 Å². The number of hydrogen-bond donors (Lipinski definition) is 0. The van der Waals surface area contributed by atoms with Crippen LogP contribution in [-0.2, 0) is 16.6 Å². The molecule has 0 spiro atoms. The summed E-state index contributed by atoms with van der Waals surface area (Å²) in [6.45, 7) is 3.19. The molecule has 1 aliphatic heterocycles. The molecule has 4 aromatic rings. The number of benzene rings is 3. The number of para-hydroxylation sites is 1. The molecule has 1 aliphatic rings. The molecule has 3 aromatic carbocycles. The molecular weight excluding hydrogens is 402 g/mol. The van der Waals surface area contributed by atoms with Crippen LogP contribution in [0.5, 0.6) is 0 Å². The van der Waals surface area contributed by atoms with Gasteiger partial charge in [0, 0.05) is 26.2 Å². The van der Waals surface area contributed by atoms with E-state index in [9.17, 15) is 8.42 Å². The molecule has 0 saturated carbocycles. The van der Waals surface area contributed by atoms with E-state index in [1.165, 1.54) is 4.70 Å². The van der Waals surface area contributed by atoms with E-state index in [2.05, 4.69) is 11.0 Å². The number of hydrogen-bond acceptors (Lipinski definition) is 5. The van der Waals surface area contributed by atoms with Crippen LogP contribution < -0.4 is 0 Å². The van der Waals surface area contributed by atoms with Crippen LogP contribution in [0.4, 0.5) is 0 Å². The molecule has 0 unspecified atom stereocenters. The zero-order valence-corrected chi connectivity index (χ0v) is 17.5. The highest BCUT2D eigenvalue weighted by molar-refractivity contribution is 7.89. The first kappa shape index (κ1) is 18.7. The average Bonchev–Trinajstić information content (AvgIpc) is 3.16. The summed E-state index contributed by atoms with van der Waals surface area (Å²) >= 11 is 1.71. The van der Waals surface area contributed by atoms with E-state index in [0.717, 1.165) is 27.8 Å². The highest BCUT2D eigenvalue weighted by Gasteiger charge is 2.28. The molecule has 0 amide bonds. The molecule has 7 heteroatoms. The van der Waals surface area contributed by atoms with Gasteiger partial charge in [-0.2, -0.15) is 4.31 Å². The molecule has 148 valence electrons. The summed E-state index contributed by atoms with van der Waals surface area (Å²) in [5.74, 6) is 0. The normalized spacial score (nSPS) is 16.6. The summed E-state index contributed by atoms with van der Waals surface area (Å²) in [7, 11) is -3.48. The summed E-state index contributed by atoms with van der Waals surface area (Å²) in [5.41, 5.74) is 1.03. The van der Waals surface area contributed by atoms with Gasteiger partial charge in [0.1, 0.15) is 5.01 Å². The van der Waals surface area contributed by atoms with Crippen molar-refractivity contribution in [3.63, 3.8) is 0 Å².